The molecule has 2 heteroatoms. The largest absolute Gasteiger partial charge is 0.166 e. The maximum atomic E-state index is 2.44. The summed E-state index contributed by atoms with van der Waals surface area (Å²) in [6, 6.07) is 0. The van der Waals surface area contributed by atoms with Gasteiger partial charge in [-0.05, 0) is 30.3 Å². The van der Waals surface area contributed by atoms with Crippen LogP contribution in [0, 0.1) is 11.8 Å². The number of rotatable bonds is 10. The van der Waals surface area contributed by atoms with Gasteiger partial charge in [-0.2, -0.15) is 11.8 Å². The first kappa shape index (κ1) is 16.4. The molecule has 0 aliphatic heterocycles. The fraction of sp³-hybridized carbons (Fsp3) is 1.00. The van der Waals surface area contributed by atoms with Crippen molar-refractivity contribution in [2.75, 3.05) is 12.0 Å². The smallest absolute Gasteiger partial charge is 0.111 e. The Morgan fingerprint density at radius 2 is 1.94 bits per heavy atom. The van der Waals surface area contributed by atoms with E-state index in [-0.39, 0.29) is 0 Å². The third-order valence-corrected chi connectivity index (χ3v) is 4.44. The Balaban J connectivity index is 4.24. The zero-order valence-electron chi connectivity index (χ0n) is 12.0. The zero-order valence-corrected chi connectivity index (χ0v) is 12.8. The maximum Gasteiger partial charge on any atom is 0.111 e. The predicted molar refractivity (Wildman–Crippen MR) is 80.8 cm³/mol. The number of unbranched alkanes of at least 4 members (excludes halogenated alkanes) is 1. The van der Waals surface area contributed by atoms with Crippen molar-refractivity contribution in [1.82, 2.24) is 0 Å². The van der Waals surface area contributed by atoms with E-state index in [0.717, 1.165) is 17.7 Å². The second kappa shape index (κ2) is 10.6. The highest BCUT2D eigenvalue weighted by atomic mass is 32.2. The monoisotopic (exact) mass is 241 g/mol. The molecule has 0 aliphatic carbocycles. The highest BCUT2D eigenvalue weighted by Crippen LogP contribution is 2.32. The van der Waals surface area contributed by atoms with E-state index in [1.807, 2.05) is 11.8 Å². The van der Waals surface area contributed by atoms with Crippen LogP contribution in [0.4, 0.5) is 0 Å². The molecule has 3 atom stereocenters. The van der Waals surface area contributed by atoms with Gasteiger partial charge in [0.15, 0.2) is 0 Å². The molecule has 95 valence electrons. The van der Waals surface area contributed by atoms with Crippen LogP contribution >= 0.6 is 11.8 Å². The van der Waals surface area contributed by atoms with Crippen LogP contribution in [-0.4, -0.2) is 19.3 Å². The SMILES string of the molecule is C[B]C(CSC)C(CCCC)CC(C)CC. The van der Waals surface area contributed by atoms with Crippen LogP contribution in [0.25, 0.3) is 0 Å². The highest BCUT2D eigenvalue weighted by Gasteiger charge is 2.21. The molecule has 0 spiro atoms. The van der Waals surface area contributed by atoms with E-state index < -0.39 is 0 Å². The molecule has 0 aromatic heterocycles. The van der Waals surface area contributed by atoms with Gasteiger partial charge < -0.3 is 0 Å². The quantitative estimate of drug-likeness (QED) is 0.477. The van der Waals surface area contributed by atoms with Crippen molar-refractivity contribution in [1.29, 1.82) is 0 Å². The molecule has 0 saturated heterocycles. The third kappa shape index (κ3) is 6.88. The Labute approximate surface area is 109 Å². The summed E-state index contributed by atoms with van der Waals surface area (Å²) in [5.41, 5.74) is 0. The molecule has 0 N–H and O–H groups in total. The average molecular weight is 241 g/mol. The minimum absolute atomic E-state index is 0.829. The summed E-state index contributed by atoms with van der Waals surface area (Å²) in [5, 5.41) is 0. The Morgan fingerprint density at radius 1 is 1.25 bits per heavy atom. The van der Waals surface area contributed by atoms with E-state index in [1.54, 1.807) is 0 Å². The summed E-state index contributed by atoms with van der Waals surface area (Å²) in [6.07, 6.45) is 9.16. The van der Waals surface area contributed by atoms with Gasteiger partial charge in [0.25, 0.3) is 0 Å². The fourth-order valence-corrected chi connectivity index (χ4v) is 3.20. The topological polar surface area (TPSA) is 0 Å². The first-order valence-electron chi connectivity index (χ1n) is 6.97. The van der Waals surface area contributed by atoms with Crippen LogP contribution in [0.15, 0.2) is 0 Å². The van der Waals surface area contributed by atoms with Crippen molar-refractivity contribution in [3.8, 4) is 0 Å². The minimum Gasteiger partial charge on any atom is -0.166 e. The van der Waals surface area contributed by atoms with Crippen molar-refractivity contribution >= 4 is 19.0 Å². The van der Waals surface area contributed by atoms with Gasteiger partial charge in [-0.25, -0.2) is 0 Å². The molecule has 3 unspecified atom stereocenters. The lowest BCUT2D eigenvalue weighted by Gasteiger charge is -2.28. The van der Waals surface area contributed by atoms with Crippen molar-refractivity contribution in [3.05, 3.63) is 0 Å². The first-order chi connectivity index (χ1) is 7.69. The van der Waals surface area contributed by atoms with Crippen molar-refractivity contribution in [2.45, 2.75) is 65.5 Å². The molecule has 0 aromatic carbocycles. The van der Waals surface area contributed by atoms with Gasteiger partial charge in [-0.1, -0.05) is 59.1 Å². The normalized spacial score (nSPS) is 16.8. The molecule has 0 saturated carbocycles. The zero-order chi connectivity index (χ0) is 12.4. The summed E-state index contributed by atoms with van der Waals surface area (Å²) in [7, 11) is 2.44. The van der Waals surface area contributed by atoms with Gasteiger partial charge >= 0.3 is 0 Å². The molecular weight excluding hydrogens is 211 g/mol. The van der Waals surface area contributed by atoms with Gasteiger partial charge in [0.05, 0.1) is 0 Å². The van der Waals surface area contributed by atoms with Crippen LogP contribution in [0.3, 0.4) is 0 Å². The van der Waals surface area contributed by atoms with E-state index in [0.29, 0.717) is 0 Å². The minimum atomic E-state index is 0.829. The molecule has 0 rings (SSSR count). The second-order valence-electron chi connectivity index (χ2n) is 5.10. The number of hydrogen-bond acceptors (Lipinski definition) is 1. The van der Waals surface area contributed by atoms with E-state index >= 15 is 0 Å². The number of hydrogen-bond donors (Lipinski definition) is 0. The summed E-state index contributed by atoms with van der Waals surface area (Å²) >= 11 is 2.00. The van der Waals surface area contributed by atoms with Crippen LogP contribution in [0.2, 0.25) is 12.6 Å². The highest BCUT2D eigenvalue weighted by molar-refractivity contribution is 7.98. The Kier molecular flexibility index (Phi) is 10.8. The molecule has 16 heavy (non-hydrogen) atoms. The maximum absolute atomic E-state index is 2.44. The third-order valence-electron chi connectivity index (χ3n) is 3.72. The van der Waals surface area contributed by atoms with Gasteiger partial charge in [-0.3, -0.25) is 0 Å². The Hall–Kier alpha value is 0.415. The number of thioether (sulfide) groups is 1. The van der Waals surface area contributed by atoms with Gasteiger partial charge in [-0.15, -0.1) is 0 Å². The molecule has 1 radical (unpaired) electrons. The molecule has 0 bridgehead atoms. The van der Waals surface area contributed by atoms with Gasteiger partial charge in [0, 0.05) is 0 Å². The van der Waals surface area contributed by atoms with E-state index in [2.05, 4.69) is 41.1 Å². The Morgan fingerprint density at radius 3 is 2.38 bits per heavy atom. The Bertz CT molecular complexity index is 150. The van der Waals surface area contributed by atoms with E-state index in [9.17, 15) is 0 Å². The van der Waals surface area contributed by atoms with Crippen LogP contribution in [0.5, 0.6) is 0 Å². The summed E-state index contributed by atoms with van der Waals surface area (Å²) in [5.74, 6) is 3.95. The van der Waals surface area contributed by atoms with Crippen LogP contribution < -0.4 is 0 Å². The molecule has 0 heterocycles. The van der Waals surface area contributed by atoms with Crippen molar-refractivity contribution < 1.29 is 0 Å². The lowest BCUT2D eigenvalue weighted by atomic mass is 9.59. The molecule has 0 fully saturated rings. The lowest BCUT2D eigenvalue weighted by molar-refractivity contribution is 0.347. The summed E-state index contributed by atoms with van der Waals surface area (Å²) < 4.78 is 0. The van der Waals surface area contributed by atoms with E-state index in [1.165, 1.54) is 37.9 Å². The van der Waals surface area contributed by atoms with Gasteiger partial charge in [0.1, 0.15) is 7.28 Å². The molecule has 0 aliphatic rings. The molecule has 0 nitrogen and oxygen atoms in total. The fourth-order valence-electron chi connectivity index (χ4n) is 2.35. The molecular formula is C14H30BS. The van der Waals surface area contributed by atoms with Gasteiger partial charge in [0.2, 0.25) is 0 Å². The van der Waals surface area contributed by atoms with Crippen molar-refractivity contribution in [2.24, 2.45) is 11.8 Å². The average Bonchev–Trinajstić information content (AvgIpc) is 2.31. The van der Waals surface area contributed by atoms with Crippen LogP contribution in [0.1, 0.15) is 52.9 Å². The lowest BCUT2D eigenvalue weighted by Crippen LogP contribution is -2.18. The van der Waals surface area contributed by atoms with E-state index in [4.69, 9.17) is 0 Å². The summed E-state index contributed by atoms with van der Waals surface area (Å²) in [6.45, 7) is 9.28. The molecule has 0 aromatic rings. The standard InChI is InChI=1S/C14H30BS/c1-6-8-9-13(10-12(3)7-2)14(15-4)11-16-5/h12-14H,6-11H2,1-5H3. The molecule has 0 amide bonds. The second-order valence-corrected chi connectivity index (χ2v) is 6.01. The first-order valence-corrected chi connectivity index (χ1v) is 8.37. The van der Waals surface area contributed by atoms with Crippen LogP contribution in [-0.2, 0) is 0 Å². The predicted octanol–water partition coefficient (Wildman–Crippen LogP) is 5.13. The van der Waals surface area contributed by atoms with Crippen molar-refractivity contribution in [3.63, 3.8) is 0 Å². The summed E-state index contributed by atoms with van der Waals surface area (Å²) in [4.78, 5) is 0.